The molecule has 0 spiro atoms. The summed E-state index contributed by atoms with van der Waals surface area (Å²) in [6.07, 6.45) is 3.96. The van der Waals surface area contributed by atoms with Crippen LogP contribution < -0.4 is 10.1 Å². The van der Waals surface area contributed by atoms with E-state index in [1.807, 2.05) is 6.07 Å². The second-order valence-corrected chi connectivity index (χ2v) is 4.59. The van der Waals surface area contributed by atoms with Crippen molar-refractivity contribution >= 4 is 0 Å². The predicted octanol–water partition coefficient (Wildman–Crippen LogP) is 2.17. The molecular formula is C14H22N2O2. The molecule has 1 aromatic rings. The number of aromatic nitrogens is 1. The number of methoxy groups -OCH3 is 1. The van der Waals surface area contributed by atoms with Gasteiger partial charge in [-0.3, -0.25) is 0 Å². The average Bonchev–Trinajstić information content (AvgIpc) is 2.46. The molecule has 4 heteroatoms. The molecule has 100 valence electrons. The lowest BCUT2D eigenvalue weighted by atomic mass is 9.87. The zero-order valence-electron chi connectivity index (χ0n) is 11.2. The first-order chi connectivity index (χ1) is 8.86. The summed E-state index contributed by atoms with van der Waals surface area (Å²) in [5, 5.41) is 3.57. The first-order valence-electron chi connectivity index (χ1n) is 6.66. The van der Waals surface area contributed by atoms with Crippen molar-refractivity contribution in [3.8, 4) is 5.88 Å². The molecule has 0 aliphatic carbocycles. The maximum atomic E-state index is 5.45. The molecule has 1 aromatic heterocycles. The minimum atomic E-state index is 0.308. The Balaban J connectivity index is 2.22. The van der Waals surface area contributed by atoms with E-state index in [1.54, 1.807) is 13.3 Å². The quantitative estimate of drug-likeness (QED) is 0.869. The maximum absolute atomic E-state index is 5.45. The van der Waals surface area contributed by atoms with E-state index < -0.39 is 0 Å². The third-order valence-corrected chi connectivity index (χ3v) is 3.49. The minimum Gasteiger partial charge on any atom is -0.481 e. The molecule has 1 N–H and O–H groups in total. The van der Waals surface area contributed by atoms with Gasteiger partial charge >= 0.3 is 0 Å². The van der Waals surface area contributed by atoms with Crippen molar-refractivity contribution in [2.75, 3.05) is 26.9 Å². The Morgan fingerprint density at radius 3 is 2.94 bits per heavy atom. The molecule has 1 aliphatic heterocycles. The van der Waals surface area contributed by atoms with Crippen molar-refractivity contribution in [1.82, 2.24) is 10.3 Å². The van der Waals surface area contributed by atoms with Crippen LogP contribution in [0.5, 0.6) is 5.88 Å². The second kappa shape index (κ2) is 6.71. The lowest BCUT2D eigenvalue weighted by Crippen LogP contribution is -2.32. The Labute approximate surface area is 109 Å². The molecule has 0 aromatic carbocycles. The summed E-state index contributed by atoms with van der Waals surface area (Å²) in [6.45, 7) is 4.79. The van der Waals surface area contributed by atoms with E-state index in [4.69, 9.17) is 9.47 Å². The van der Waals surface area contributed by atoms with Gasteiger partial charge in [-0.1, -0.05) is 13.0 Å². The third-order valence-electron chi connectivity index (χ3n) is 3.49. The standard InChI is InChI=1S/C14H22N2O2/c1-3-15-13(11-6-9-18-10-7-11)12-5-4-8-16-14(12)17-2/h4-5,8,11,13,15H,3,6-7,9-10H2,1-2H3. The van der Waals surface area contributed by atoms with E-state index in [0.29, 0.717) is 12.0 Å². The van der Waals surface area contributed by atoms with Gasteiger partial charge in [-0.25, -0.2) is 4.98 Å². The maximum Gasteiger partial charge on any atom is 0.217 e. The molecule has 4 nitrogen and oxygen atoms in total. The van der Waals surface area contributed by atoms with Crippen molar-refractivity contribution in [3.05, 3.63) is 23.9 Å². The first-order valence-corrected chi connectivity index (χ1v) is 6.66. The van der Waals surface area contributed by atoms with Crippen LogP contribution >= 0.6 is 0 Å². The van der Waals surface area contributed by atoms with Crippen LogP contribution in [0.25, 0.3) is 0 Å². The fourth-order valence-electron chi connectivity index (χ4n) is 2.61. The van der Waals surface area contributed by atoms with E-state index in [-0.39, 0.29) is 0 Å². The first kappa shape index (κ1) is 13.3. The van der Waals surface area contributed by atoms with E-state index in [1.165, 1.54) is 0 Å². The van der Waals surface area contributed by atoms with Crippen LogP contribution in [0.15, 0.2) is 18.3 Å². The highest BCUT2D eigenvalue weighted by Crippen LogP contribution is 2.33. The van der Waals surface area contributed by atoms with E-state index in [9.17, 15) is 0 Å². The topological polar surface area (TPSA) is 43.4 Å². The van der Waals surface area contributed by atoms with Crippen molar-refractivity contribution in [3.63, 3.8) is 0 Å². The fraction of sp³-hybridized carbons (Fsp3) is 0.643. The molecule has 1 atom stereocenters. The summed E-state index contributed by atoms with van der Waals surface area (Å²) in [5.74, 6) is 1.33. The van der Waals surface area contributed by atoms with Crippen molar-refractivity contribution in [2.24, 2.45) is 5.92 Å². The van der Waals surface area contributed by atoms with Crippen molar-refractivity contribution in [1.29, 1.82) is 0 Å². The number of nitrogens with zero attached hydrogens (tertiary/aromatic N) is 1. The number of ether oxygens (including phenoxy) is 2. The Morgan fingerprint density at radius 2 is 2.28 bits per heavy atom. The summed E-state index contributed by atoms with van der Waals surface area (Å²) >= 11 is 0. The Hall–Kier alpha value is -1.13. The van der Waals surface area contributed by atoms with Crippen molar-refractivity contribution < 1.29 is 9.47 Å². The van der Waals surface area contributed by atoms with E-state index in [0.717, 1.165) is 44.0 Å². The van der Waals surface area contributed by atoms with Gasteiger partial charge < -0.3 is 14.8 Å². The van der Waals surface area contributed by atoms with Crippen LogP contribution in [0.4, 0.5) is 0 Å². The van der Waals surface area contributed by atoms with E-state index in [2.05, 4.69) is 23.3 Å². The van der Waals surface area contributed by atoms with Gasteiger partial charge in [0.25, 0.3) is 0 Å². The van der Waals surface area contributed by atoms with Crippen LogP contribution in [0.2, 0.25) is 0 Å². The lowest BCUT2D eigenvalue weighted by Gasteiger charge is -2.31. The monoisotopic (exact) mass is 250 g/mol. The van der Waals surface area contributed by atoms with Crippen LogP contribution in [-0.2, 0) is 4.74 Å². The third kappa shape index (κ3) is 3.00. The lowest BCUT2D eigenvalue weighted by molar-refractivity contribution is 0.0534. The highest BCUT2D eigenvalue weighted by Gasteiger charge is 2.27. The molecule has 1 saturated heterocycles. The number of pyridine rings is 1. The molecule has 1 aliphatic rings. The normalized spacial score (nSPS) is 18.6. The second-order valence-electron chi connectivity index (χ2n) is 4.59. The highest BCUT2D eigenvalue weighted by atomic mass is 16.5. The zero-order chi connectivity index (χ0) is 12.8. The van der Waals surface area contributed by atoms with Gasteiger partial charge in [-0.15, -0.1) is 0 Å². The van der Waals surface area contributed by atoms with Gasteiger partial charge in [0.15, 0.2) is 0 Å². The molecule has 18 heavy (non-hydrogen) atoms. The zero-order valence-corrected chi connectivity index (χ0v) is 11.2. The van der Waals surface area contributed by atoms with Gasteiger partial charge in [0.2, 0.25) is 5.88 Å². The van der Waals surface area contributed by atoms with Gasteiger partial charge in [-0.05, 0) is 31.4 Å². The molecular weight excluding hydrogens is 228 g/mol. The summed E-state index contributed by atoms with van der Waals surface area (Å²) in [6, 6.07) is 4.39. The van der Waals surface area contributed by atoms with E-state index >= 15 is 0 Å². The number of nitrogens with one attached hydrogen (secondary N) is 1. The van der Waals surface area contributed by atoms with Crippen LogP contribution in [0.1, 0.15) is 31.4 Å². The Kier molecular flexibility index (Phi) is 4.96. The SMILES string of the molecule is CCNC(c1cccnc1OC)C1CCOCC1. The smallest absolute Gasteiger partial charge is 0.217 e. The Bertz CT molecular complexity index is 365. The van der Waals surface area contributed by atoms with Crippen molar-refractivity contribution in [2.45, 2.75) is 25.8 Å². The molecule has 1 unspecified atom stereocenters. The highest BCUT2D eigenvalue weighted by molar-refractivity contribution is 5.29. The fourth-order valence-corrected chi connectivity index (χ4v) is 2.61. The molecule has 0 radical (unpaired) electrons. The molecule has 0 amide bonds. The van der Waals surface area contributed by atoms with Crippen LogP contribution in [-0.4, -0.2) is 31.9 Å². The minimum absolute atomic E-state index is 0.308. The molecule has 2 rings (SSSR count). The van der Waals surface area contributed by atoms with Gasteiger partial charge in [0, 0.05) is 31.0 Å². The summed E-state index contributed by atoms with van der Waals surface area (Å²) in [4.78, 5) is 4.30. The number of hydrogen-bond donors (Lipinski definition) is 1. The molecule has 0 bridgehead atoms. The van der Waals surface area contributed by atoms with Gasteiger partial charge in [-0.2, -0.15) is 0 Å². The largest absolute Gasteiger partial charge is 0.481 e. The summed E-state index contributed by atoms with van der Waals surface area (Å²) < 4.78 is 10.8. The summed E-state index contributed by atoms with van der Waals surface area (Å²) in [5.41, 5.74) is 1.16. The molecule has 0 saturated carbocycles. The number of hydrogen-bond acceptors (Lipinski definition) is 4. The molecule has 1 fully saturated rings. The Morgan fingerprint density at radius 1 is 1.50 bits per heavy atom. The van der Waals surface area contributed by atoms with Crippen LogP contribution in [0.3, 0.4) is 0 Å². The van der Waals surface area contributed by atoms with Gasteiger partial charge in [0.1, 0.15) is 0 Å². The summed E-state index contributed by atoms with van der Waals surface area (Å²) in [7, 11) is 1.68. The van der Waals surface area contributed by atoms with Crippen LogP contribution in [0, 0.1) is 5.92 Å². The number of rotatable bonds is 5. The average molecular weight is 250 g/mol. The van der Waals surface area contributed by atoms with Gasteiger partial charge in [0.05, 0.1) is 7.11 Å². The predicted molar refractivity (Wildman–Crippen MR) is 70.7 cm³/mol. The molecule has 2 heterocycles.